The van der Waals surface area contributed by atoms with Gasteiger partial charge in [-0.3, -0.25) is 0 Å². The number of aliphatic hydroxyl groups excluding tert-OH is 1. The van der Waals surface area contributed by atoms with E-state index in [0.717, 1.165) is 24.4 Å². The first-order valence-electron chi connectivity index (χ1n) is 5.75. The molecule has 1 aromatic carbocycles. The Balaban J connectivity index is 2.61. The van der Waals surface area contributed by atoms with Crippen molar-refractivity contribution in [2.75, 3.05) is 26.7 Å². The van der Waals surface area contributed by atoms with Gasteiger partial charge in [0.1, 0.15) is 5.75 Å². The molecule has 16 heavy (non-hydrogen) atoms. The van der Waals surface area contributed by atoms with Crippen molar-refractivity contribution in [1.29, 1.82) is 0 Å². The third-order valence-electron chi connectivity index (χ3n) is 2.83. The number of hydrogen-bond acceptors (Lipinski definition) is 3. The zero-order chi connectivity index (χ0) is 12.0. The van der Waals surface area contributed by atoms with Crippen LogP contribution in [0.3, 0.4) is 0 Å². The monoisotopic (exact) mass is 223 g/mol. The summed E-state index contributed by atoms with van der Waals surface area (Å²) in [5, 5.41) is 10.0. The van der Waals surface area contributed by atoms with Gasteiger partial charge in [-0.15, -0.1) is 0 Å². The van der Waals surface area contributed by atoms with Crippen molar-refractivity contribution in [3.8, 4) is 5.75 Å². The van der Waals surface area contributed by atoms with E-state index < -0.39 is 6.10 Å². The fourth-order valence-corrected chi connectivity index (χ4v) is 1.66. The number of aliphatic hydroxyl groups is 1. The van der Waals surface area contributed by atoms with Crippen molar-refractivity contribution in [3.05, 3.63) is 29.8 Å². The molecule has 3 nitrogen and oxygen atoms in total. The van der Waals surface area contributed by atoms with Crippen LogP contribution >= 0.6 is 0 Å². The summed E-state index contributed by atoms with van der Waals surface area (Å²) in [5.74, 6) is 0.818. The third-order valence-corrected chi connectivity index (χ3v) is 2.83. The molecule has 1 atom stereocenters. The molecular formula is C13H21NO2. The van der Waals surface area contributed by atoms with Crippen molar-refractivity contribution < 1.29 is 9.84 Å². The van der Waals surface area contributed by atoms with Gasteiger partial charge < -0.3 is 14.7 Å². The zero-order valence-electron chi connectivity index (χ0n) is 10.3. The second-order valence-electron chi connectivity index (χ2n) is 3.77. The van der Waals surface area contributed by atoms with E-state index in [1.165, 1.54) is 0 Å². The van der Waals surface area contributed by atoms with Gasteiger partial charge in [-0.05, 0) is 30.8 Å². The first-order valence-corrected chi connectivity index (χ1v) is 5.75. The Morgan fingerprint density at radius 3 is 2.19 bits per heavy atom. The molecule has 3 heteroatoms. The zero-order valence-corrected chi connectivity index (χ0v) is 10.3. The largest absolute Gasteiger partial charge is 0.497 e. The van der Waals surface area contributed by atoms with Crippen LogP contribution in [0.2, 0.25) is 0 Å². The third kappa shape index (κ3) is 3.51. The molecule has 0 aliphatic heterocycles. The minimum atomic E-state index is -0.425. The van der Waals surface area contributed by atoms with Crippen molar-refractivity contribution in [2.24, 2.45) is 0 Å². The summed E-state index contributed by atoms with van der Waals surface area (Å²) >= 11 is 0. The predicted molar refractivity (Wildman–Crippen MR) is 65.7 cm³/mol. The lowest BCUT2D eigenvalue weighted by Crippen LogP contribution is -2.28. The van der Waals surface area contributed by atoms with Gasteiger partial charge in [0.15, 0.2) is 0 Å². The maximum Gasteiger partial charge on any atom is 0.118 e. The molecule has 0 radical (unpaired) electrons. The molecule has 0 aliphatic rings. The van der Waals surface area contributed by atoms with Crippen molar-refractivity contribution in [1.82, 2.24) is 4.90 Å². The van der Waals surface area contributed by atoms with Crippen LogP contribution in [-0.4, -0.2) is 36.8 Å². The second-order valence-corrected chi connectivity index (χ2v) is 3.77. The number of hydrogen-bond donors (Lipinski definition) is 1. The Bertz CT molecular complexity index is 293. The summed E-state index contributed by atoms with van der Waals surface area (Å²) in [4.78, 5) is 2.20. The second kappa shape index (κ2) is 6.51. The molecule has 1 unspecified atom stereocenters. The number of rotatable bonds is 6. The molecule has 1 aromatic rings. The summed E-state index contributed by atoms with van der Waals surface area (Å²) < 4.78 is 5.08. The Kier molecular flexibility index (Phi) is 5.29. The standard InChI is InChI=1S/C13H21NO2/c1-4-14(5-2)10-13(15)11-6-8-12(16-3)9-7-11/h6-9,13,15H,4-5,10H2,1-3H3. The van der Waals surface area contributed by atoms with Crippen LogP contribution in [0.4, 0.5) is 0 Å². The van der Waals surface area contributed by atoms with E-state index in [-0.39, 0.29) is 0 Å². The minimum absolute atomic E-state index is 0.425. The summed E-state index contributed by atoms with van der Waals surface area (Å²) in [6, 6.07) is 7.57. The molecule has 0 aliphatic carbocycles. The fraction of sp³-hybridized carbons (Fsp3) is 0.538. The van der Waals surface area contributed by atoms with Gasteiger partial charge in [0.2, 0.25) is 0 Å². The lowest BCUT2D eigenvalue weighted by atomic mass is 10.1. The molecule has 0 heterocycles. The van der Waals surface area contributed by atoms with Gasteiger partial charge >= 0.3 is 0 Å². The number of nitrogens with zero attached hydrogens (tertiary/aromatic N) is 1. The van der Waals surface area contributed by atoms with Gasteiger partial charge in [0, 0.05) is 6.54 Å². The van der Waals surface area contributed by atoms with Gasteiger partial charge in [-0.2, -0.15) is 0 Å². The Hall–Kier alpha value is -1.06. The normalized spacial score (nSPS) is 12.8. The van der Waals surface area contributed by atoms with Crippen LogP contribution in [0.15, 0.2) is 24.3 Å². The summed E-state index contributed by atoms with van der Waals surface area (Å²) in [6.45, 7) is 6.81. The van der Waals surface area contributed by atoms with Crippen LogP contribution in [0.5, 0.6) is 5.75 Å². The number of benzene rings is 1. The summed E-state index contributed by atoms with van der Waals surface area (Å²) in [5.41, 5.74) is 0.938. The number of ether oxygens (including phenoxy) is 1. The van der Waals surface area contributed by atoms with E-state index in [1.54, 1.807) is 7.11 Å². The quantitative estimate of drug-likeness (QED) is 0.801. The van der Waals surface area contributed by atoms with E-state index in [2.05, 4.69) is 18.7 Å². The Morgan fingerprint density at radius 1 is 1.19 bits per heavy atom. The van der Waals surface area contributed by atoms with Crippen LogP contribution in [-0.2, 0) is 0 Å². The average Bonchev–Trinajstić information content (AvgIpc) is 2.35. The average molecular weight is 223 g/mol. The molecule has 0 saturated heterocycles. The highest BCUT2D eigenvalue weighted by Gasteiger charge is 2.10. The topological polar surface area (TPSA) is 32.7 Å². The fourth-order valence-electron chi connectivity index (χ4n) is 1.66. The first kappa shape index (κ1) is 13.0. The molecule has 0 aromatic heterocycles. The maximum atomic E-state index is 10.0. The SMILES string of the molecule is CCN(CC)CC(O)c1ccc(OC)cc1. The van der Waals surface area contributed by atoms with Gasteiger partial charge in [0.25, 0.3) is 0 Å². The van der Waals surface area contributed by atoms with E-state index in [1.807, 2.05) is 24.3 Å². The van der Waals surface area contributed by atoms with Gasteiger partial charge in [-0.25, -0.2) is 0 Å². The lowest BCUT2D eigenvalue weighted by Gasteiger charge is -2.22. The molecule has 0 bridgehead atoms. The smallest absolute Gasteiger partial charge is 0.118 e. The maximum absolute atomic E-state index is 10.0. The highest BCUT2D eigenvalue weighted by molar-refractivity contribution is 5.28. The highest BCUT2D eigenvalue weighted by atomic mass is 16.5. The first-order chi connectivity index (χ1) is 7.71. The number of methoxy groups -OCH3 is 1. The molecule has 0 spiro atoms. The van der Waals surface area contributed by atoms with Crippen LogP contribution in [0.25, 0.3) is 0 Å². The van der Waals surface area contributed by atoms with Crippen LogP contribution < -0.4 is 4.74 Å². The summed E-state index contributed by atoms with van der Waals surface area (Å²) in [6.07, 6.45) is -0.425. The lowest BCUT2D eigenvalue weighted by molar-refractivity contribution is 0.119. The van der Waals surface area contributed by atoms with E-state index in [0.29, 0.717) is 6.54 Å². The number of likely N-dealkylation sites (N-methyl/N-ethyl adjacent to an activating group) is 1. The molecule has 0 fully saturated rings. The van der Waals surface area contributed by atoms with E-state index in [9.17, 15) is 5.11 Å². The van der Waals surface area contributed by atoms with Gasteiger partial charge in [-0.1, -0.05) is 26.0 Å². The molecule has 0 saturated carbocycles. The molecular weight excluding hydrogens is 202 g/mol. The molecule has 1 N–H and O–H groups in total. The van der Waals surface area contributed by atoms with E-state index >= 15 is 0 Å². The van der Waals surface area contributed by atoms with Crippen LogP contribution in [0, 0.1) is 0 Å². The molecule has 90 valence electrons. The molecule has 1 rings (SSSR count). The van der Waals surface area contributed by atoms with Crippen molar-refractivity contribution >= 4 is 0 Å². The van der Waals surface area contributed by atoms with Gasteiger partial charge in [0.05, 0.1) is 13.2 Å². The Labute approximate surface area is 97.7 Å². The van der Waals surface area contributed by atoms with Crippen molar-refractivity contribution in [3.63, 3.8) is 0 Å². The minimum Gasteiger partial charge on any atom is -0.497 e. The summed E-state index contributed by atoms with van der Waals surface area (Å²) in [7, 11) is 1.64. The van der Waals surface area contributed by atoms with E-state index in [4.69, 9.17) is 4.74 Å². The predicted octanol–water partition coefficient (Wildman–Crippen LogP) is 2.07. The molecule has 0 amide bonds. The Morgan fingerprint density at radius 2 is 1.75 bits per heavy atom. The van der Waals surface area contributed by atoms with Crippen molar-refractivity contribution in [2.45, 2.75) is 20.0 Å². The highest BCUT2D eigenvalue weighted by Crippen LogP contribution is 2.18. The van der Waals surface area contributed by atoms with Crippen LogP contribution in [0.1, 0.15) is 25.5 Å².